The van der Waals surface area contributed by atoms with Crippen molar-refractivity contribution in [1.82, 2.24) is 9.88 Å². The van der Waals surface area contributed by atoms with Gasteiger partial charge < -0.3 is 15.4 Å². The third-order valence-corrected chi connectivity index (χ3v) is 2.98. The second-order valence-electron chi connectivity index (χ2n) is 4.48. The van der Waals surface area contributed by atoms with Crippen molar-refractivity contribution in [3.63, 3.8) is 0 Å². The molecule has 1 amide bonds. The van der Waals surface area contributed by atoms with Gasteiger partial charge in [0.2, 0.25) is 0 Å². The zero-order valence-electron chi connectivity index (χ0n) is 11.5. The Morgan fingerprint density at radius 2 is 2.20 bits per heavy atom. The van der Waals surface area contributed by atoms with Crippen molar-refractivity contribution in [2.45, 2.75) is 6.54 Å². The summed E-state index contributed by atoms with van der Waals surface area (Å²) < 4.78 is 5.07. The van der Waals surface area contributed by atoms with E-state index >= 15 is 0 Å². The van der Waals surface area contributed by atoms with E-state index in [9.17, 15) is 4.79 Å². The average molecular weight is 271 g/mol. The number of methoxy groups -OCH3 is 1. The Hall–Kier alpha value is -2.56. The summed E-state index contributed by atoms with van der Waals surface area (Å²) in [5.41, 5.74) is 7.74. The molecule has 0 saturated heterocycles. The molecule has 1 aromatic carbocycles. The topological polar surface area (TPSA) is 68.5 Å². The molecule has 0 saturated carbocycles. The normalized spacial score (nSPS) is 10.1. The number of hydrogen-bond acceptors (Lipinski definition) is 4. The van der Waals surface area contributed by atoms with Crippen molar-refractivity contribution in [2.75, 3.05) is 19.9 Å². The molecule has 104 valence electrons. The Bertz CT molecular complexity index is 599. The molecular weight excluding hydrogens is 254 g/mol. The fourth-order valence-electron chi connectivity index (χ4n) is 1.91. The van der Waals surface area contributed by atoms with Gasteiger partial charge in [0.15, 0.2) is 0 Å². The fourth-order valence-corrected chi connectivity index (χ4v) is 1.91. The first-order chi connectivity index (χ1) is 9.61. The molecule has 20 heavy (non-hydrogen) atoms. The van der Waals surface area contributed by atoms with Crippen LogP contribution in [0.1, 0.15) is 15.9 Å². The molecule has 5 heteroatoms. The molecule has 0 unspecified atom stereocenters. The van der Waals surface area contributed by atoms with Crippen LogP contribution in [0.2, 0.25) is 0 Å². The Kier molecular flexibility index (Phi) is 4.20. The molecule has 0 aliphatic heterocycles. The van der Waals surface area contributed by atoms with Crippen molar-refractivity contribution in [3.05, 3.63) is 53.9 Å². The number of pyridine rings is 1. The molecule has 0 aliphatic carbocycles. The SMILES string of the molecule is COc1ccc(C(=O)N(C)Cc2cccnc2)c(N)c1. The number of hydrogen-bond donors (Lipinski definition) is 1. The number of rotatable bonds is 4. The van der Waals surface area contributed by atoms with E-state index in [0.717, 1.165) is 5.56 Å². The van der Waals surface area contributed by atoms with Gasteiger partial charge in [0.25, 0.3) is 5.91 Å². The monoisotopic (exact) mass is 271 g/mol. The van der Waals surface area contributed by atoms with Gasteiger partial charge in [0.05, 0.1) is 12.7 Å². The summed E-state index contributed by atoms with van der Waals surface area (Å²) in [7, 11) is 3.30. The number of ether oxygens (including phenoxy) is 1. The summed E-state index contributed by atoms with van der Waals surface area (Å²) in [6.45, 7) is 0.484. The highest BCUT2D eigenvalue weighted by atomic mass is 16.5. The molecule has 0 atom stereocenters. The summed E-state index contributed by atoms with van der Waals surface area (Å²) in [5.74, 6) is 0.503. The van der Waals surface area contributed by atoms with Gasteiger partial charge in [-0.1, -0.05) is 6.07 Å². The minimum absolute atomic E-state index is 0.131. The number of nitrogens with zero attached hydrogens (tertiary/aromatic N) is 2. The number of carbonyl (C=O) groups excluding carboxylic acids is 1. The van der Waals surface area contributed by atoms with Crippen LogP contribution in [0, 0.1) is 0 Å². The van der Waals surface area contributed by atoms with Crippen molar-refractivity contribution >= 4 is 11.6 Å². The van der Waals surface area contributed by atoms with Crippen LogP contribution in [0.5, 0.6) is 5.75 Å². The second kappa shape index (κ2) is 6.06. The predicted octanol–water partition coefficient (Wildman–Crippen LogP) is 1.94. The number of amides is 1. The molecule has 0 aliphatic rings. The van der Waals surface area contributed by atoms with Gasteiger partial charge in [-0.15, -0.1) is 0 Å². The number of nitrogens with two attached hydrogens (primary N) is 1. The first-order valence-electron chi connectivity index (χ1n) is 6.19. The lowest BCUT2D eigenvalue weighted by Gasteiger charge is -2.18. The van der Waals surface area contributed by atoms with E-state index in [4.69, 9.17) is 10.5 Å². The second-order valence-corrected chi connectivity index (χ2v) is 4.48. The molecule has 1 aromatic heterocycles. The summed E-state index contributed by atoms with van der Waals surface area (Å²) in [6.07, 6.45) is 3.44. The van der Waals surface area contributed by atoms with Crippen molar-refractivity contribution in [3.8, 4) is 5.75 Å². The van der Waals surface area contributed by atoms with E-state index in [1.54, 1.807) is 49.7 Å². The Morgan fingerprint density at radius 3 is 2.80 bits per heavy atom. The van der Waals surface area contributed by atoms with Crippen molar-refractivity contribution in [1.29, 1.82) is 0 Å². The molecule has 0 spiro atoms. The van der Waals surface area contributed by atoms with Gasteiger partial charge in [-0.05, 0) is 23.8 Å². The van der Waals surface area contributed by atoms with E-state index in [1.165, 1.54) is 0 Å². The molecule has 2 N–H and O–H groups in total. The van der Waals surface area contributed by atoms with Crippen LogP contribution >= 0.6 is 0 Å². The standard InChI is InChI=1S/C15H17N3O2/c1-18(10-11-4-3-7-17-9-11)15(19)13-6-5-12(20-2)8-14(13)16/h3-9H,10,16H2,1-2H3. The zero-order chi connectivity index (χ0) is 14.5. The summed E-state index contributed by atoms with van der Waals surface area (Å²) in [6, 6.07) is 8.81. The molecule has 0 radical (unpaired) electrons. The molecule has 2 rings (SSSR count). The third-order valence-electron chi connectivity index (χ3n) is 2.98. The lowest BCUT2D eigenvalue weighted by molar-refractivity contribution is 0.0786. The van der Waals surface area contributed by atoms with Crippen molar-refractivity contribution < 1.29 is 9.53 Å². The molecule has 2 aromatic rings. The van der Waals surface area contributed by atoms with Crippen LogP contribution in [-0.4, -0.2) is 29.9 Å². The zero-order valence-corrected chi connectivity index (χ0v) is 11.5. The van der Waals surface area contributed by atoms with Gasteiger partial charge in [-0.25, -0.2) is 0 Å². The van der Waals surface area contributed by atoms with E-state index in [1.807, 2.05) is 12.1 Å². The molecule has 0 bridgehead atoms. The quantitative estimate of drug-likeness (QED) is 0.863. The molecule has 5 nitrogen and oxygen atoms in total. The predicted molar refractivity (Wildman–Crippen MR) is 77.4 cm³/mol. The van der Waals surface area contributed by atoms with Gasteiger partial charge in [0.1, 0.15) is 5.75 Å². The van der Waals surface area contributed by atoms with Crippen LogP contribution in [-0.2, 0) is 6.54 Å². The maximum atomic E-state index is 12.4. The number of carbonyl (C=O) groups is 1. The minimum Gasteiger partial charge on any atom is -0.497 e. The molecule has 1 heterocycles. The van der Waals surface area contributed by atoms with E-state index in [2.05, 4.69) is 4.98 Å². The maximum absolute atomic E-state index is 12.4. The first-order valence-corrected chi connectivity index (χ1v) is 6.19. The largest absolute Gasteiger partial charge is 0.497 e. The van der Waals surface area contributed by atoms with E-state index < -0.39 is 0 Å². The van der Waals surface area contributed by atoms with Crippen molar-refractivity contribution in [2.24, 2.45) is 0 Å². The third kappa shape index (κ3) is 3.06. The van der Waals surface area contributed by atoms with Gasteiger partial charge >= 0.3 is 0 Å². The molecule has 0 fully saturated rings. The number of benzene rings is 1. The highest BCUT2D eigenvalue weighted by Crippen LogP contribution is 2.21. The van der Waals surface area contributed by atoms with Gasteiger partial charge in [-0.2, -0.15) is 0 Å². The Labute approximate surface area is 118 Å². The Morgan fingerprint density at radius 1 is 1.40 bits per heavy atom. The highest BCUT2D eigenvalue weighted by Gasteiger charge is 2.15. The maximum Gasteiger partial charge on any atom is 0.255 e. The number of anilines is 1. The Balaban J connectivity index is 2.14. The highest BCUT2D eigenvalue weighted by molar-refractivity contribution is 5.99. The van der Waals surface area contributed by atoms with E-state index in [0.29, 0.717) is 23.5 Å². The summed E-state index contributed by atoms with van der Waals surface area (Å²) in [5, 5.41) is 0. The lowest BCUT2D eigenvalue weighted by atomic mass is 10.1. The van der Waals surface area contributed by atoms with Crippen LogP contribution in [0.4, 0.5) is 5.69 Å². The van der Waals surface area contributed by atoms with Gasteiger partial charge in [0, 0.05) is 37.7 Å². The van der Waals surface area contributed by atoms with Crippen LogP contribution in [0.3, 0.4) is 0 Å². The number of nitrogen functional groups attached to an aromatic ring is 1. The van der Waals surface area contributed by atoms with Crippen LogP contribution < -0.4 is 10.5 Å². The smallest absolute Gasteiger partial charge is 0.255 e. The van der Waals surface area contributed by atoms with Crippen LogP contribution in [0.15, 0.2) is 42.7 Å². The first kappa shape index (κ1) is 13.9. The fraction of sp³-hybridized carbons (Fsp3) is 0.200. The van der Waals surface area contributed by atoms with E-state index in [-0.39, 0.29) is 5.91 Å². The summed E-state index contributed by atoms with van der Waals surface area (Å²) in [4.78, 5) is 18.0. The summed E-state index contributed by atoms with van der Waals surface area (Å²) >= 11 is 0. The number of aromatic nitrogens is 1. The lowest BCUT2D eigenvalue weighted by Crippen LogP contribution is -2.27. The average Bonchev–Trinajstić information content (AvgIpc) is 2.47. The van der Waals surface area contributed by atoms with Crippen LogP contribution in [0.25, 0.3) is 0 Å². The minimum atomic E-state index is -0.131. The molecular formula is C15H17N3O2. The van der Waals surface area contributed by atoms with Gasteiger partial charge in [-0.3, -0.25) is 9.78 Å².